The highest BCUT2D eigenvalue weighted by molar-refractivity contribution is 5.26. The zero-order valence-corrected chi connectivity index (χ0v) is 11.2. The number of aromatic nitrogens is 1. The second kappa shape index (κ2) is 6.27. The molecule has 0 fully saturated rings. The van der Waals surface area contributed by atoms with E-state index in [1.54, 1.807) is 0 Å². The molecule has 18 heavy (non-hydrogen) atoms. The summed E-state index contributed by atoms with van der Waals surface area (Å²) in [5.74, 6) is 0. The standard InChI is InChI=1S/C13H21F3N2/c1-4-18-10(2)8-12(11(18)3)9-17-7-5-6-13(14,15)16/h8,17H,4-7,9H2,1-3H3. The van der Waals surface area contributed by atoms with Gasteiger partial charge in [0.1, 0.15) is 0 Å². The highest BCUT2D eigenvalue weighted by Crippen LogP contribution is 2.20. The van der Waals surface area contributed by atoms with Crippen molar-refractivity contribution >= 4 is 0 Å². The molecule has 0 atom stereocenters. The Morgan fingerprint density at radius 2 is 1.94 bits per heavy atom. The van der Waals surface area contributed by atoms with Gasteiger partial charge in [-0.25, -0.2) is 0 Å². The van der Waals surface area contributed by atoms with Crippen molar-refractivity contribution in [3.8, 4) is 0 Å². The van der Waals surface area contributed by atoms with E-state index in [9.17, 15) is 13.2 Å². The first kappa shape index (κ1) is 15.1. The third-order valence-corrected chi connectivity index (χ3v) is 3.12. The molecule has 0 saturated heterocycles. The Balaban J connectivity index is 2.36. The summed E-state index contributed by atoms with van der Waals surface area (Å²) in [4.78, 5) is 0. The SMILES string of the molecule is CCn1c(C)cc(CNCCCC(F)(F)F)c1C. The number of halogens is 3. The number of aryl methyl sites for hydroxylation is 1. The van der Waals surface area contributed by atoms with Gasteiger partial charge in [0.15, 0.2) is 0 Å². The largest absolute Gasteiger partial charge is 0.389 e. The monoisotopic (exact) mass is 262 g/mol. The van der Waals surface area contributed by atoms with Crippen LogP contribution in [0.2, 0.25) is 0 Å². The lowest BCUT2D eigenvalue weighted by atomic mass is 10.2. The molecular formula is C13H21F3N2. The maximum atomic E-state index is 11.9. The fourth-order valence-corrected chi connectivity index (χ4v) is 2.17. The molecule has 0 unspecified atom stereocenters. The van der Waals surface area contributed by atoms with E-state index in [0.29, 0.717) is 13.1 Å². The molecule has 2 nitrogen and oxygen atoms in total. The first-order valence-electron chi connectivity index (χ1n) is 6.28. The van der Waals surface area contributed by atoms with Gasteiger partial charge in [-0.2, -0.15) is 13.2 Å². The summed E-state index contributed by atoms with van der Waals surface area (Å²) in [5, 5.41) is 3.07. The zero-order valence-electron chi connectivity index (χ0n) is 11.2. The number of nitrogens with zero attached hydrogens (tertiary/aromatic N) is 1. The van der Waals surface area contributed by atoms with Crippen LogP contribution in [0, 0.1) is 13.8 Å². The molecule has 0 amide bonds. The molecule has 5 heteroatoms. The van der Waals surface area contributed by atoms with Gasteiger partial charge in [0.05, 0.1) is 0 Å². The summed E-state index contributed by atoms with van der Waals surface area (Å²) in [6.07, 6.45) is -4.62. The molecule has 0 aliphatic carbocycles. The van der Waals surface area contributed by atoms with Crippen molar-refractivity contribution in [2.24, 2.45) is 0 Å². The first-order valence-corrected chi connectivity index (χ1v) is 6.28. The average Bonchev–Trinajstić information content (AvgIpc) is 2.52. The fraction of sp³-hybridized carbons (Fsp3) is 0.692. The Labute approximate surface area is 106 Å². The topological polar surface area (TPSA) is 17.0 Å². The van der Waals surface area contributed by atoms with Crippen molar-refractivity contribution in [3.05, 3.63) is 23.0 Å². The smallest absolute Gasteiger partial charge is 0.349 e. The van der Waals surface area contributed by atoms with Crippen molar-refractivity contribution in [3.63, 3.8) is 0 Å². The molecule has 0 aromatic carbocycles. The van der Waals surface area contributed by atoms with Crippen LogP contribution in [0.5, 0.6) is 0 Å². The van der Waals surface area contributed by atoms with E-state index in [4.69, 9.17) is 0 Å². The van der Waals surface area contributed by atoms with Crippen LogP contribution in [0.3, 0.4) is 0 Å². The highest BCUT2D eigenvalue weighted by Gasteiger charge is 2.25. The summed E-state index contributed by atoms with van der Waals surface area (Å²) in [5.41, 5.74) is 3.56. The Morgan fingerprint density at radius 3 is 2.44 bits per heavy atom. The van der Waals surface area contributed by atoms with Gasteiger partial charge in [0.25, 0.3) is 0 Å². The predicted molar refractivity (Wildman–Crippen MR) is 66.6 cm³/mol. The summed E-state index contributed by atoms with van der Waals surface area (Å²) in [6, 6.07) is 2.09. The van der Waals surface area contributed by atoms with E-state index in [2.05, 4.69) is 22.9 Å². The molecular weight excluding hydrogens is 241 g/mol. The summed E-state index contributed by atoms with van der Waals surface area (Å²) in [7, 11) is 0. The molecule has 1 heterocycles. The van der Waals surface area contributed by atoms with Crippen molar-refractivity contribution in [1.29, 1.82) is 0 Å². The van der Waals surface area contributed by atoms with Crippen LogP contribution in [0.15, 0.2) is 6.07 Å². The van der Waals surface area contributed by atoms with Gasteiger partial charge in [0.2, 0.25) is 0 Å². The Bertz CT molecular complexity index is 380. The van der Waals surface area contributed by atoms with Gasteiger partial charge >= 0.3 is 6.18 Å². The minimum absolute atomic E-state index is 0.135. The summed E-state index contributed by atoms with van der Waals surface area (Å²) >= 11 is 0. The van der Waals surface area contributed by atoms with Gasteiger partial charge in [-0.1, -0.05) is 0 Å². The molecule has 1 aromatic heterocycles. The van der Waals surface area contributed by atoms with Gasteiger partial charge in [-0.3, -0.25) is 0 Å². The number of rotatable bonds is 6. The van der Waals surface area contributed by atoms with Gasteiger partial charge < -0.3 is 9.88 Å². The van der Waals surface area contributed by atoms with Crippen molar-refractivity contribution in [2.45, 2.75) is 52.9 Å². The lowest BCUT2D eigenvalue weighted by Crippen LogP contribution is -2.18. The van der Waals surface area contributed by atoms with Crippen LogP contribution in [-0.4, -0.2) is 17.3 Å². The van der Waals surface area contributed by atoms with Crippen LogP contribution < -0.4 is 5.32 Å². The molecule has 104 valence electrons. The maximum Gasteiger partial charge on any atom is 0.389 e. The second-order valence-corrected chi connectivity index (χ2v) is 4.54. The van der Waals surface area contributed by atoms with E-state index in [1.165, 1.54) is 17.0 Å². The van der Waals surface area contributed by atoms with Crippen molar-refractivity contribution in [1.82, 2.24) is 9.88 Å². The number of hydrogen-bond donors (Lipinski definition) is 1. The molecule has 0 aliphatic rings. The first-order chi connectivity index (χ1) is 8.35. The minimum atomic E-state index is -4.04. The van der Waals surface area contributed by atoms with Gasteiger partial charge in [-0.05, 0) is 45.4 Å². The number of nitrogens with one attached hydrogen (secondary N) is 1. The molecule has 0 spiro atoms. The van der Waals surface area contributed by atoms with Crippen LogP contribution in [0.25, 0.3) is 0 Å². The van der Waals surface area contributed by atoms with Crippen LogP contribution in [0.1, 0.15) is 36.7 Å². The fourth-order valence-electron chi connectivity index (χ4n) is 2.17. The second-order valence-electron chi connectivity index (χ2n) is 4.54. The maximum absolute atomic E-state index is 11.9. The third-order valence-electron chi connectivity index (χ3n) is 3.12. The van der Waals surface area contributed by atoms with Crippen LogP contribution in [-0.2, 0) is 13.1 Å². The Hall–Kier alpha value is -0.970. The molecule has 0 bridgehead atoms. The predicted octanol–water partition coefficient (Wildman–Crippen LogP) is 3.56. The zero-order chi connectivity index (χ0) is 13.8. The molecule has 1 aromatic rings. The molecule has 0 aliphatic heterocycles. The quantitative estimate of drug-likeness (QED) is 0.776. The normalized spacial score (nSPS) is 12.1. The molecule has 1 rings (SSSR count). The molecule has 0 saturated carbocycles. The van der Waals surface area contributed by atoms with Crippen LogP contribution in [0.4, 0.5) is 13.2 Å². The molecule has 1 N–H and O–H groups in total. The molecule has 0 radical (unpaired) electrons. The third kappa shape index (κ3) is 4.37. The summed E-state index contributed by atoms with van der Waals surface area (Å²) < 4.78 is 38.0. The van der Waals surface area contributed by atoms with E-state index in [1.807, 2.05) is 13.8 Å². The van der Waals surface area contributed by atoms with E-state index in [0.717, 1.165) is 6.54 Å². The number of hydrogen-bond acceptors (Lipinski definition) is 1. The average molecular weight is 262 g/mol. The van der Waals surface area contributed by atoms with Crippen LogP contribution >= 0.6 is 0 Å². The van der Waals surface area contributed by atoms with Gasteiger partial charge in [-0.15, -0.1) is 0 Å². The highest BCUT2D eigenvalue weighted by atomic mass is 19.4. The van der Waals surface area contributed by atoms with Gasteiger partial charge in [0, 0.05) is 30.9 Å². The summed E-state index contributed by atoms with van der Waals surface area (Å²) in [6.45, 7) is 8.13. The lowest BCUT2D eigenvalue weighted by Gasteiger charge is -2.08. The van der Waals surface area contributed by atoms with E-state index < -0.39 is 12.6 Å². The van der Waals surface area contributed by atoms with E-state index >= 15 is 0 Å². The Morgan fingerprint density at radius 1 is 1.28 bits per heavy atom. The lowest BCUT2D eigenvalue weighted by molar-refractivity contribution is -0.135. The number of alkyl halides is 3. The Kier molecular flexibility index (Phi) is 5.26. The van der Waals surface area contributed by atoms with Crippen molar-refractivity contribution < 1.29 is 13.2 Å². The van der Waals surface area contributed by atoms with Crippen molar-refractivity contribution in [2.75, 3.05) is 6.54 Å². The van der Waals surface area contributed by atoms with E-state index in [-0.39, 0.29) is 6.42 Å². The minimum Gasteiger partial charge on any atom is -0.349 e.